The van der Waals surface area contributed by atoms with Gasteiger partial charge in [0, 0.05) is 12.8 Å². The van der Waals surface area contributed by atoms with Crippen molar-refractivity contribution in [3.63, 3.8) is 0 Å². The molecule has 2 rings (SSSR count). The Kier molecular flexibility index (Phi) is 6.26. The fraction of sp³-hybridized carbons (Fsp3) is 0.400. The standard InChI is InChI=1S/C15H16F3N5O3/c1-8-20-21-22-23(8)12(6-9-2-4-10(16)5-3-9)14(24)19-11(15(25)26)7-13(17)18/h2-5,11-13H,6-7H2,1H3,(H,19,24)(H,25,26). The molecule has 0 aliphatic rings. The normalized spacial score (nSPS) is 13.4. The van der Waals surface area contributed by atoms with Crippen molar-refractivity contribution in [2.45, 2.75) is 38.3 Å². The van der Waals surface area contributed by atoms with Gasteiger partial charge in [-0.1, -0.05) is 12.1 Å². The van der Waals surface area contributed by atoms with E-state index in [-0.39, 0.29) is 12.2 Å². The number of carbonyl (C=O) groups excluding carboxylic acids is 1. The third-order valence-electron chi connectivity index (χ3n) is 3.63. The van der Waals surface area contributed by atoms with Gasteiger partial charge in [0.15, 0.2) is 0 Å². The highest BCUT2D eigenvalue weighted by atomic mass is 19.3. The summed E-state index contributed by atoms with van der Waals surface area (Å²) in [7, 11) is 0. The minimum Gasteiger partial charge on any atom is -0.480 e. The minimum atomic E-state index is -2.90. The first-order chi connectivity index (χ1) is 12.3. The fourth-order valence-electron chi connectivity index (χ4n) is 2.33. The Morgan fingerprint density at radius 3 is 2.42 bits per heavy atom. The molecule has 2 aromatic rings. The number of tetrazole rings is 1. The molecule has 2 unspecified atom stereocenters. The Morgan fingerprint density at radius 1 is 1.27 bits per heavy atom. The Bertz CT molecular complexity index is 766. The number of carboxylic acids is 1. The highest BCUT2D eigenvalue weighted by Crippen LogP contribution is 2.17. The molecule has 0 saturated heterocycles. The van der Waals surface area contributed by atoms with E-state index in [0.717, 1.165) is 4.68 Å². The molecule has 1 aromatic heterocycles. The first kappa shape index (κ1) is 19.3. The van der Waals surface area contributed by atoms with Crippen LogP contribution in [0.4, 0.5) is 13.2 Å². The van der Waals surface area contributed by atoms with Crippen LogP contribution >= 0.6 is 0 Å². The molecule has 0 fully saturated rings. The van der Waals surface area contributed by atoms with Gasteiger partial charge >= 0.3 is 5.97 Å². The number of nitrogens with zero attached hydrogens (tertiary/aromatic N) is 4. The van der Waals surface area contributed by atoms with E-state index < -0.39 is 42.6 Å². The fourth-order valence-corrected chi connectivity index (χ4v) is 2.33. The monoisotopic (exact) mass is 371 g/mol. The van der Waals surface area contributed by atoms with E-state index in [1.54, 1.807) is 0 Å². The van der Waals surface area contributed by atoms with E-state index in [2.05, 4.69) is 20.8 Å². The van der Waals surface area contributed by atoms with Crippen molar-refractivity contribution >= 4 is 11.9 Å². The largest absolute Gasteiger partial charge is 0.480 e. The van der Waals surface area contributed by atoms with Crippen LogP contribution in [-0.2, 0) is 16.0 Å². The van der Waals surface area contributed by atoms with Crippen molar-refractivity contribution < 1.29 is 27.9 Å². The molecule has 140 valence electrons. The van der Waals surface area contributed by atoms with E-state index >= 15 is 0 Å². The van der Waals surface area contributed by atoms with E-state index in [9.17, 15) is 22.8 Å². The number of carbonyl (C=O) groups is 2. The van der Waals surface area contributed by atoms with Crippen molar-refractivity contribution in [3.8, 4) is 0 Å². The topological polar surface area (TPSA) is 110 Å². The van der Waals surface area contributed by atoms with Crippen LogP contribution in [0.5, 0.6) is 0 Å². The molecule has 0 aliphatic carbocycles. The van der Waals surface area contributed by atoms with Gasteiger partial charge in [-0.2, -0.15) is 0 Å². The summed E-state index contributed by atoms with van der Waals surface area (Å²) in [4.78, 5) is 23.7. The maximum atomic E-state index is 13.0. The van der Waals surface area contributed by atoms with E-state index in [0.29, 0.717) is 5.56 Å². The first-order valence-corrected chi connectivity index (χ1v) is 7.58. The van der Waals surface area contributed by atoms with E-state index in [1.807, 2.05) is 0 Å². The number of carboxylic acid groups (broad SMARTS) is 1. The molecule has 0 bridgehead atoms. The summed E-state index contributed by atoms with van der Waals surface area (Å²) in [6.07, 6.45) is -3.92. The Morgan fingerprint density at radius 2 is 1.92 bits per heavy atom. The number of alkyl halides is 2. The highest BCUT2D eigenvalue weighted by Gasteiger charge is 2.30. The Labute approximate surface area is 146 Å². The molecular formula is C15H16F3N5O3. The van der Waals surface area contributed by atoms with Crippen LogP contribution in [0.1, 0.15) is 23.9 Å². The van der Waals surface area contributed by atoms with Crippen LogP contribution in [0.15, 0.2) is 24.3 Å². The van der Waals surface area contributed by atoms with E-state index in [1.165, 1.54) is 31.2 Å². The molecule has 2 atom stereocenters. The van der Waals surface area contributed by atoms with Gasteiger partial charge in [0.05, 0.1) is 0 Å². The molecule has 2 N–H and O–H groups in total. The van der Waals surface area contributed by atoms with Crippen LogP contribution in [0, 0.1) is 12.7 Å². The number of amides is 1. The second kappa shape index (κ2) is 8.41. The summed E-state index contributed by atoms with van der Waals surface area (Å²) < 4.78 is 39.3. The lowest BCUT2D eigenvalue weighted by Gasteiger charge is -2.21. The maximum Gasteiger partial charge on any atom is 0.326 e. The van der Waals surface area contributed by atoms with Gasteiger partial charge in [0.1, 0.15) is 23.7 Å². The molecule has 26 heavy (non-hydrogen) atoms. The van der Waals surface area contributed by atoms with Gasteiger partial charge < -0.3 is 10.4 Å². The molecule has 0 radical (unpaired) electrons. The zero-order chi connectivity index (χ0) is 19.3. The summed E-state index contributed by atoms with van der Waals surface area (Å²) >= 11 is 0. The minimum absolute atomic E-state index is 0.0129. The number of hydrogen-bond acceptors (Lipinski definition) is 5. The van der Waals surface area contributed by atoms with Crippen molar-refractivity contribution in [1.29, 1.82) is 0 Å². The second-order valence-corrected chi connectivity index (χ2v) is 5.54. The number of halogens is 3. The lowest BCUT2D eigenvalue weighted by molar-refractivity contribution is -0.143. The summed E-state index contributed by atoms with van der Waals surface area (Å²) in [5.74, 6) is -2.60. The lowest BCUT2D eigenvalue weighted by atomic mass is 10.0. The van der Waals surface area contributed by atoms with Gasteiger partial charge in [0.2, 0.25) is 12.3 Å². The van der Waals surface area contributed by atoms with Gasteiger partial charge in [-0.15, -0.1) is 5.10 Å². The van der Waals surface area contributed by atoms with Crippen LogP contribution in [0.3, 0.4) is 0 Å². The predicted octanol–water partition coefficient (Wildman–Crippen LogP) is 1.13. The van der Waals surface area contributed by atoms with Gasteiger partial charge in [-0.25, -0.2) is 22.6 Å². The number of hydrogen-bond donors (Lipinski definition) is 2. The molecule has 8 nitrogen and oxygen atoms in total. The quantitative estimate of drug-likeness (QED) is 0.720. The van der Waals surface area contributed by atoms with Crippen LogP contribution < -0.4 is 5.32 Å². The molecule has 0 saturated carbocycles. The summed E-state index contributed by atoms with van der Waals surface area (Å²) in [6, 6.07) is 2.46. The number of aliphatic carboxylic acids is 1. The molecule has 1 amide bonds. The van der Waals surface area contributed by atoms with Gasteiger partial charge in [-0.3, -0.25) is 4.79 Å². The third kappa shape index (κ3) is 5.01. The summed E-state index contributed by atoms with van der Waals surface area (Å²) in [6.45, 7) is 1.53. The number of aromatic nitrogens is 4. The molecular weight excluding hydrogens is 355 g/mol. The van der Waals surface area contributed by atoms with Crippen molar-refractivity contribution in [2.24, 2.45) is 0 Å². The van der Waals surface area contributed by atoms with Crippen LogP contribution in [0.2, 0.25) is 0 Å². The average molecular weight is 371 g/mol. The zero-order valence-corrected chi connectivity index (χ0v) is 13.6. The third-order valence-corrected chi connectivity index (χ3v) is 3.63. The van der Waals surface area contributed by atoms with Crippen molar-refractivity contribution in [1.82, 2.24) is 25.5 Å². The second-order valence-electron chi connectivity index (χ2n) is 5.54. The SMILES string of the molecule is Cc1nnnn1C(Cc1ccc(F)cc1)C(=O)NC(CC(F)F)C(=O)O. The van der Waals surface area contributed by atoms with Crippen molar-refractivity contribution in [3.05, 3.63) is 41.5 Å². The summed E-state index contributed by atoms with van der Waals surface area (Å²) in [5, 5.41) is 21.9. The highest BCUT2D eigenvalue weighted by molar-refractivity contribution is 5.86. The maximum absolute atomic E-state index is 13.0. The number of aryl methyl sites for hydroxylation is 1. The lowest BCUT2D eigenvalue weighted by Crippen LogP contribution is -2.46. The molecule has 11 heteroatoms. The summed E-state index contributed by atoms with van der Waals surface area (Å²) in [5.41, 5.74) is 0.558. The Hall–Kier alpha value is -2.98. The predicted molar refractivity (Wildman–Crippen MR) is 81.9 cm³/mol. The molecule has 0 aliphatic heterocycles. The number of nitrogens with one attached hydrogen (secondary N) is 1. The number of benzene rings is 1. The van der Waals surface area contributed by atoms with Gasteiger partial charge in [-0.05, 0) is 35.0 Å². The zero-order valence-electron chi connectivity index (χ0n) is 13.6. The molecule has 1 aromatic carbocycles. The smallest absolute Gasteiger partial charge is 0.326 e. The Balaban J connectivity index is 2.25. The molecule has 0 spiro atoms. The van der Waals surface area contributed by atoms with Crippen LogP contribution in [-0.4, -0.2) is 49.7 Å². The molecule has 1 heterocycles. The number of rotatable bonds is 8. The van der Waals surface area contributed by atoms with Crippen molar-refractivity contribution in [2.75, 3.05) is 0 Å². The van der Waals surface area contributed by atoms with E-state index in [4.69, 9.17) is 5.11 Å². The van der Waals surface area contributed by atoms with Crippen LogP contribution in [0.25, 0.3) is 0 Å². The first-order valence-electron chi connectivity index (χ1n) is 7.58. The van der Waals surface area contributed by atoms with Gasteiger partial charge in [0.25, 0.3) is 0 Å². The average Bonchev–Trinajstić information content (AvgIpc) is 2.98.